The van der Waals surface area contributed by atoms with Gasteiger partial charge in [0.05, 0.1) is 16.1 Å². The molecular formula is C19H15ClN4O2S. The molecule has 2 heterocycles. The van der Waals surface area contributed by atoms with Crippen LogP contribution in [0.15, 0.2) is 71.6 Å². The summed E-state index contributed by atoms with van der Waals surface area (Å²) in [6.45, 7) is 1.79. The third-order valence-electron chi connectivity index (χ3n) is 4.00. The van der Waals surface area contributed by atoms with Gasteiger partial charge in [0.15, 0.2) is 5.82 Å². The van der Waals surface area contributed by atoms with Crippen molar-refractivity contribution in [2.45, 2.75) is 11.8 Å². The zero-order chi connectivity index (χ0) is 19.0. The van der Waals surface area contributed by atoms with E-state index in [2.05, 4.69) is 14.8 Å². The number of para-hydroxylation sites is 1. The van der Waals surface area contributed by atoms with Gasteiger partial charge in [0, 0.05) is 16.5 Å². The number of benzene rings is 2. The topological polar surface area (TPSA) is 76.9 Å². The van der Waals surface area contributed by atoms with Crippen molar-refractivity contribution in [3.05, 3.63) is 77.4 Å². The molecule has 136 valence electrons. The van der Waals surface area contributed by atoms with Gasteiger partial charge in [0.25, 0.3) is 10.0 Å². The SMILES string of the molecule is Cc1cc(NS(=O)(=O)c2ccc(Cl)cc2)n(-c2ccc3ccccc3n2)n1. The average Bonchev–Trinajstić information content (AvgIpc) is 3.01. The Labute approximate surface area is 161 Å². The number of fused-ring (bicyclic) bond motifs is 1. The Bertz CT molecular complexity index is 1230. The predicted molar refractivity (Wildman–Crippen MR) is 106 cm³/mol. The first-order valence-corrected chi connectivity index (χ1v) is 10.00. The summed E-state index contributed by atoms with van der Waals surface area (Å²) < 4.78 is 29.5. The van der Waals surface area contributed by atoms with Crippen LogP contribution in [-0.2, 0) is 10.0 Å². The fourth-order valence-corrected chi connectivity index (χ4v) is 3.89. The molecule has 0 aliphatic heterocycles. The molecule has 0 aliphatic carbocycles. The second kappa shape index (κ2) is 6.68. The summed E-state index contributed by atoms with van der Waals surface area (Å²) in [5.41, 5.74) is 1.47. The number of pyridine rings is 1. The number of nitrogens with zero attached hydrogens (tertiary/aromatic N) is 3. The highest BCUT2D eigenvalue weighted by Crippen LogP contribution is 2.22. The van der Waals surface area contributed by atoms with Crippen molar-refractivity contribution in [1.29, 1.82) is 0 Å². The van der Waals surface area contributed by atoms with Crippen LogP contribution in [0.25, 0.3) is 16.7 Å². The molecule has 0 aliphatic rings. The first-order chi connectivity index (χ1) is 12.9. The Kier molecular flexibility index (Phi) is 4.33. The third kappa shape index (κ3) is 3.51. The van der Waals surface area contributed by atoms with Crippen LogP contribution in [0.5, 0.6) is 0 Å². The Morgan fingerprint density at radius 2 is 1.74 bits per heavy atom. The lowest BCUT2D eigenvalue weighted by Gasteiger charge is -2.10. The number of halogens is 1. The minimum atomic E-state index is -3.79. The van der Waals surface area contributed by atoms with Crippen LogP contribution >= 0.6 is 11.6 Å². The molecule has 0 amide bonds. The summed E-state index contributed by atoms with van der Waals surface area (Å²) in [4.78, 5) is 4.70. The molecule has 4 rings (SSSR count). The maximum atomic E-state index is 12.7. The van der Waals surface area contributed by atoms with Crippen molar-refractivity contribution < 1.29 is 8.42 Å². The number of sulfonamides is 1. The van der Waals surface area contributed by atoms with Gasteiger partial charge in [0.2, 0.25) is 0 Å². The molecule has 0 saturated heterocycles. The van der Waals surface area contributed by atoms with E-state index in [0.717, 1.165) is 10.9 Å². The molecule has 0 unspecified atom stereocenters. The van der Waals surface area contributed by atoms with Gasteiger partial charge >= 0.3 is 0 Å². The molecule has 8 heteroatoms. The molecule has 0 fully saturated rings. The monoisotopic (exact) mass is 398 g/mol. The second-order valence-corrected chi connectivity index (χ2v) is 8.12. The van der Waals surface area contributed by atoms with E-state index in [1.54, 1.807) is 19.1 Å². The molecule has 0 atom stereocenters. The average molecular weight is 399 g/mol. The molecule has 0 spiro atoms. The lowest BCUT2D eigenvalue weighted by molar-refractivity contribution is 0.600. The molecule has 1 N–H and O–H groups in total. The Balaban J connectivity index is 1.75. The molecule has 0 bridgehead atoms. The number of aryl methyl sites for hydroxylation is 1. The standard InChI is InChI=1S/C19H15ClN4O2S/c1-13-12-19(23-27(25,26)16-9-7-15(20)8-10-16)24(22-13)18-11-6-14-4-2-3-5-17(14)21-18/h2-12,23H,1H3. The lowest BCUT2D eigenvalue weighted by Crippen LogP contribution is -2.16. The largest absolute Gasteiger partial charge is 0.263 e. The number of hydrogen-bond donors (Lipinski definition) is 1. The van der Waals surface area contributed by atoms with Gasteiger partial charge in [-0.3, -0.25) is 4.72 Å². The van der Waals surface area contributed by atoms with Crippen molar-refractivity contribution >= 4 is 38.3 Å². The first-order valence-electron chi connectivity index (χ1n) is 8.14. The highest BCUT2D eigenvalue weighted by atomic mass is 35.5. The van der Waals surface area contributed by atoms with Gasteiger partial charge in [-0.25, -0.2) is 13.4 Å². The fourth-order valence-electron chi connectivity index (χ4n) is 2.73. The van der Waals surface area contributed by atoms with E-state index >= 15 is 0 Å². The first kappa shape index (κ1) is 17.5. The van der Waals surface area contributed by atoms with E-state index < -0.39 is 10.0 Å². The minimum Gasteiger partial charge on any atom is -0.263 e. The van der Waals surface area contributed by atoms with Crippen LogP contribution in [-0.4, -0.2) is 23.2 Å². The molecule has 27 heavy (non-hydrogen) atoms. The number of rotatable bonds is 4. The maximum absolute atomic E-state index is 12.7. The molecular weight excluding hydrogens is 384 g/mol. The summed E-state index contributed by atoms with van der Waals surface area (Å²) >= 11 is 5.84. The van der Waals surface area contributed by atoms with Crippen molar-refractivity contribution in [3.63, 3.8) is 0 Å². The molecule has 2 aromatic carbocycles. The summed E-state index contributed by atoms with van der Waals surface area (Å²) in [5, 5.41) is 5.85. The van der Waals surface area contributed by atoms with Crippen LogP contribution in [0.4, 0.5) is 5.82 Å². The second-order valence-electron chi connectivity index (χ2n) is 6.00. The molecule has 0 saturated carbocycles. The number of aromatic nitrogens is 3. The van der Waals surface area contributed by atoms with Crippen molar-refractivity contribution in [1.82, 2.24) is 14.8 Å². The van der Waals surface area contributed by atoms with Crippen LogP contribution < -0.4 is 4.72 Å². The Morgan fingerprint density at radius 3 is 2.52 bits per heavy atom. The lowest BCUT2D eigenvalue weighted by atomic mass is 10.2. The molecule has 2 aromatic heterocycles. The Morgan fingerprint density at radius 1 is 1.00 bits per heavy atom. The summed E-state index contributed by atoms with van der Waals surface area (Å²) in [5.74, 6) is 0.834. The summed E-state index contributed by atoms with van der Waals surface area (Å²) in [6, 6.07) is 19.0. The van der Waals surface area contributed by atoms with Gasteiger partial charge in [0.1, 0.15) is 5.82 Å². The van der Waals surface area contributed by atoms with E-state index in [9.17, 15) is 8.42 Å². The van der Waals surface area contributed by atoms with Gasteiger partial charge in [-0.15, -0.1) is 0 Å². The van der Waals surface area contributed by atoms with Crippen LogP contribution in [0, 0.1) is 6.92 Å². The van der Waals surface area contributed by atoms with Gasteiger partial charge < -0.3 is 0 Å². The Hall–Kier alpha value is -2.90. The van der Waals surface area contributed by atoms with Crippen molar-refractivity contribution in [2.75, 3.05) is 4.72 Å². The van der Waals surface area contributed by atoms with Crippen LogP contribution in [0.2, 0.25) is 5.02 Å². The van der Waals surface area contributed by atoms with E-state index in [4.69, 9.17) is 11.6 Å². The summed E-state index contributed by atoms with van der Waals surface area (Å²) in [7, 11) is -3.79. The third-order valence-corrected chi connectivity index (χ3v) is 5.62. The fraction of sp³-hybridized carbons (Fsp3) is 0.0526. The molecule has 4 aromatic rings. The minimum absolute atomic E-state index is 0.115. The normalized spacial score (nSPS) is 11.6. The highest BCUT2D eigenvalue weighted by molar-refractivity contribution is 7.92. The maximum Gasteiger partial charge on any atom is 0.263 e. The van der Waals surface area contributed by atoms with E-state index in [-0.39, 0.29) is 4.90 Å². The van der Waals surface area contributed by atoms with Gasteiger partial charge in [-0.2, -0.15) is 9.78 Å². The quantitative estimate of drug-likeness (QED) is 0.559. The zero-order valence-electron chi connectivity index (χ0n) is 14.3. The van der Waals surface area contributed by atoms with E-state index in [0.29, 0.717) is 22.4 Å². The molecule has 6 nitrogen and oxygen atoms in total. The zero-order valence-corrected chi connectivity index (χ0v) is 15.9. The van der Waals surface area contributed by atoms with Gasteiger partial charge in [-0.1, -0.05) is 29.8 Å². The van der Waals surface area contributed by atoms with Crippen molar-refractivity contribution in [2.24, 2.45) is 0 Å². The number of hydrogen-bond acceptors (Lipinski definition) is 4. The summed E-state index contributed by atoms with van der Waals surface area (Å²) in [6.07, 6.45) is 0. The molecule has 0 radical (unpaired) electrons. The van der Waals surface area contributed by atoms with Crippen LogP contribution in [0.1, 0.15) is 5.69 Å². The highest BCUT2D eigenvalue weighted by Gasteiger charge is 2.18. The van der Waals surface area contributed by atoms with Crippen molar-refractivity contribution in [3.8, 4) is 5.82 Å². The van der Waals surface area contributed by atoms with E-state index in [1.807, 2.05) is 30.3 Å². The van der Waals surface area contributed by atoms with Crippen LogP contribution in [0.3, 0.4) is 0 Å². The number of anilines is 1. The van der Waals surface area contributed by atoms with Gasteiger partial charge in [-0.05, 0) is 49.4 Å². The van der Waals surface area contributed by atoms with E-state index in [1.165, 1.54) is 28.9 Å². The smallest absolute Gasteiger partial charge is 0.263 e. The number of nitrogens with one attached hydrogen (secondary N) is 1. The predicted octanol–water partition coefficient (Wildman–Crippen LogP) is 4.18.